The molecule has 0 spiro atoms. The van der Waals surface area contributed by atoms with E-state index in [1.54, 1.807) is 12.4 Å². The molecular weight excluding hydrogens is 130 g/mol. The van der Waals surface area contributed by atoms with Gasteiger partial charge in [0.2, 0.25) is 0 Å². The Morgan fingerprint density at radius 3 is 2.44 bits per heavy atom. The molecule has 0 aliphatic rings. The lowest BCUT2D eigenvalue weighted by molar-refractivity contribution is 0.815. The minimum Gasteiger partial charge on any atom is -0.269 e. The first-order chi connectivity index (χ1) is 4.18. The topological polar surface area (TPSA) is 12.4 Å². The van der Waals surface area contributed by atoms with E-state index in [2.05, 4.69) is 31.5 Å². The van der Waals surface area contributed by atoms with Crippen LogP contribution >= 0.6 is 12.6 Å². The monoisotopic (exact) mass is 143 g/mol. The molecule has 0 aliphatic heterocycles. The van der Waals surface area contributed by atoms with Crippen molar-refractivity contribution in [2.24, 2.45) is 10.9 Å². The second-order valence-electron chi connectivity index (χ2n) is 2.12. The van der Waals surface area contributed by atoms with E-state index in [0.29, 0.717) is 5.92 Å². The molecular formula is C7H13NS. The highest BCUT2D eigenvalue weighted by molar-refractivity contribution is 7.84. The molecule has 0 radical (unpaired) electrons. The van der Waals surface area contributed by atoms with Gasteiger partial charge in [0.1, 0.15) is 0 Å². The molecule has 0 amide bonds. The third-order valence-electron chi connectivity index (χ3n) is 0.947. The van der Waals surface area contributed by atoms with Gasteiger partial charge in [-0.25, -0.2) is 0 Å². The van der Waals surface area contributed by atoms with Gasteiger partial charge in [-0.3, -0.25) is 4.99 Å². The average Bonchev–Trinajstić information content (AvgIpc) is 1.82. The maximum atomic E-state index is 4.21. The third-order valence-corrected chi connectivity index (χ3v) is 1.58. The summed E-state index contributed by atoms with van der Waals surface area (Å²) in [6.45, 7) is 6.06. The fourth-order valence-electron chi connectivity index (χ4n) is 0.300. The molecule has 0 unspecified atom stereocenters. The van der Waals surface area contributed by atoms with E-state index in [4.69, 9.17) is 0 Å². The van der Waals surface area contributed by atoms with Crippen molar-refractivity contribution in [3.05, 3.63) is 11.1 Å². The first-order valence-electron chi connectivity index (χ1n) is 3.05. The summed E-state index contributed by atoms with van der Waals surface area (Å²) in [5.74, 6) is 0.483. The van der Waals surface area contributed by atoms with E-state index in [9.17, 15) is 0 Å². The van der Waals surface area contributed by atoms with E-state index < -0.39 is 0 Å². The second-order valence-corrected chi connectivity index (χ2v) is 2.63. The van der Waals surface area contributed by atoms with E-state index in [0.717, 1.165) is 4.91 Å². The van der Waals surface area contributed by atoms with Crippen molar-refractivity contribution in [1.29, 1.82) is 0 Å². The van der Waals surface area contributed by atoms with Gasteiger partial charge in [-0.15, -0.1) is 12.6 Å². The van der Waals surface area contributed by atoms with Gasteiger partial charge in [-0.05, 0) is 12.8 Å². The second kappa shape index (κ2) is 4.62. The average molecular weight is 143 g/mol. The number of aliphatic imine (C=N–C) groups is 1. The van der Waals surface area contributed by atoms with Gasteiger partial charge in [0, 0.05) is 17.3 Å². The molecule has 0 fully saturated rings. The molecule has 52 valence electrons. The molecule has 0 aliphatic carbocycles. The van der Waals surface area contributed by atoms with Gasteiger partial charge >= 0.3 is 0 Å². The number of nitrogens with zero attached hydrogens (tertiary/aromatic N) is 1. The molecule has 2 heteroatoms. The lowest BCUT2D eigenvalue weighted by Gasteiger charge is -1.99. The van der Waals surface area contributed by atoms with E-state index in [1.165, 1.54) is 0 Å². The van der Waals surface area contributed by atoms with Crippen LogP contribution in [0.15, 0.2) is 16.1 Å². The number of allylic oxidation sites excluding steroid dienone is 1. The summed E-state index contributed by atoms with van der Waals surface area (Å²) in [4.78, 5) is 4.95. The molecule has 0 saturated carbocycles. The zero-order valence-corrected chi connectivity index (χ0v) is 7.02. The molecule has 0 atom stereocenters. The van der Waals surface area contributed by atoms with Gasteiger partial charge in [-0.1, -0.05) is 13.8 Å². The maximum absolute atomic E-state index is 4.21. The molecule has 0 heterocycles. The zero-order chi connectivity index (χ0) is 7.28. The summed E-state index contributed by atoms with van der Waals surface area (Å²) in [7, 11) is 0. The molecule has 0 rings (SSSR count). The molecule has 0 aromatic rings. The highest BCUT2D eigenvalue weighted by Crippen LogP contribution is 2.12. The number of rotatable bonds is 2. The van der Waals surface area contributed by atoms with E-state index >= 15 is 0 Å². The molecule has 0 N–H and O–H groups in total. The maximum Gasteiger partial charge on any atom is 0.0358 e. The summed E-state index contributed by atoms with van der Waals surface area (Å²) >= 11 is 4.21. The summed E-state index contributed by atoms with van der Waals surface area (Å²) in [6, 6.07) is 0. The van der Waals surface area contributed by atoms with E-state index in [1.807, 2.05) is 6.92 Å². The summed E-state index contributed by atoms with van der Waals surface area (Å²) in [5, 5.41) is 0. The fourth-order valence-corrected chi connectivity index (χ4v) is 0.367. The Kier molecular flexibility index (Phi) is 4.50. The standard InChI is InChI=1S/C7H13NS/c1-4-8-5-7(9)6(2)3/h4-6,9H,1-3H3/b7-5-,8-4?. The van der Waals surface area contributed by atoms with Gasteiger partial charge in [0.25, 0.3) is 0 Å². The van der Waals surface area contributed by atoms with Gasteiger partial charge in [-0.2, -0.15) is 0 Å². The van der Waals surface area contributed by atoms with Gasteiger partial charge in [0.15, 0.2) is 0 Å². The van der Waals surface area contributed by atoms with Crippen LogP contribution in [0.3, 0.4) is 0 Å². The van der Waals surface area contributed by atoms with Crippen molar-refractivity contribution in [2.45, 2.75) is 20.8 Å². The van der Waals surface area contributed by atoms with Crippen molar-refractivity contribution in [1.82, 2.24) is 0 Å². The molecule has 9 heavy (non-hydrogen) atoms. The van der Waals surface area contributed by atoms with Crippen LogP contribution in [0.1, 0.15) is 20.8 Å². The third kappa shape index (κ3) is 4.28. The highest BCUT2D eigenvalue weighted by atomic mass is 32.1. The number of hydrogen-bond donors (Lipinski definition) is 1. The Morgan fingerprint density at radius 2 is 2.11 bits per heavy atom. The summed E-state index contributed by atoms with van der Waals surface area (Å²) in [5.41, 5.74) is 0. The molecule has 0 aromatic heterocycles. The predicted octanol–water partition coefficient (Wildman–Crippen LogP) is 2.50. The minimum absolute atomic E-state index is 0.483. The van der Waals surface area contributed by atoms with Crippen LogP contribution in [0.25, 0.3) is 0 Å². The molecule has 0 bridgehead atoms. The van der Waals surface area contributed by atoms with Gasteiger partial charge < -0.3 is 0 Å². The van der Waals surface area contributed by atoms with Crippen LogP contribution < -0.4 is 0 Å². The predicted molar refractivity (Wildman–Crippen MR) is 46.1 cm³/mol. The van der Waals surface area contributed by atoms with Crippen molar-refractivity contribution in [3.8, 4) is 0 Å². The Bertz CT molecular complexity index is 125. The minimum atomic E-state index is 0.483. The van der Waals surface area contributed by atoms with Crippen molar-refractivity contribution >= 4 is 18.8 Å². The number of hydrogen-bond acceptors (Lipinski definition) is 2. The van der Waals surface area contributed by atoms with Crippen LogP contribution in [-0.2, 0) is 0 Å². The Hall–Kier alpha value is -0.240. The fraction of sp³-hybridized carbons (Fsp3) is 0.571. The van der Waals surface area contributed by atoms with Crippen molar-refractivity contribution < 1.29 is 0 Å². The van der Waals surface area contributed by atoms with Crippen molar-refractivity contribution in [3.63, 3.8) is 0 Å². The smallest absolute Gasteiger partial charge is 0.0358 e. The molecule has 0 saturated heterocycles. The summed E-state index contributed by atoms with van der Waals surface area (Å²) < 4.78 is 0. The van der Waals surface area contributed by atoms with Crippen LogP contribution in [0, 0.1) is 5.92 Å². The molecule has 1 nitrogen and oxygen atoms in total. The Balaban J connectivity index is 3.84. The normalized spacial score (nSPS) is 13.7. The van der Waals surface area contributed by atoms with Gasteiger partial charge in [0.05, 0.1) is 0 Å². The Labute approximate surface area is 62.3 Å². The first kappa shape index (κ1) is 8.76. The zero-order valence-electron chi connectivity index (χ0n) is 6.13. The van der Waals surface area contributed by atoms with Crippen molar-refractivity contribution in [2.75, 3.05) is 0 Å². The lowest BCUT2D eigenvalue weighted by Crippen LogP contribution is -1.83. The quantitative estimate of drug-likeness (QED) is 0.450. The van der Waals surface area contributed by atoms with Crippen LogP contribution in [0.4, 0.5) is 0 Å². The highest BCUT2D eigenvalue weighted by Gasteiger charge is 1.93. The Morgan fingerprint density at radius 1 is 1.56 bits per heavy atom. The number of thiol groups is 1. The van der Waals surface area contributed by atoms with Crippen LogP contribution in [0.2, 0.25) is 0 Å². The van der Waals surface area contributed by atoms with E-state index in [-0.39, 0.29) is 0 Å². The van der Waals surface area contributed by atoms with Crippen LogP contribution in [0.5, 0.6) is 0 Å². The first-order valence-corrected chi connectivity index (χ1v) is 3.50. The largest absolute Gasteiger partial charge is 0.269 e. The summed E-state index contributed by atoms with van der Waals surface area (Å²) in [6.07, 6.45) is 3.52. The molecule has 0 aromatic carbocycles. The van der Waals surface area contributed by atoms with Crippen LogP contribution in [-0.4, -0.2) is 6.21 Å². The lowest BCUT2D eigenvalue weighted by atomic mass is 10.2. The SMILES string of the molecule is CC=N/C=C(\S)C(C)C.